The van der Waals surface area contributed by atoms with Crippen molar-refractivity contribution in [2.24, 2.45) is 0 Å². The number of pyridine rings is 4. The van der Waals surface area contributed by atoms with Crippen LogP contribution in [-0.4, -0.2) is 56.9 Å². The van der Waals surface area contributed by atoms with Crippen LogP contribution in [-0.2, 0) is 25.2 Å². The van der Waals surface area contributed by atoms with Gasteiger partial charge in [-0.2, -0.15) is 26.3 Å². The minimum atomic E-state index is -4.58. The number of alkyl halides is 6. The smallest absolute Gasteiger partial charge is 0.417 e. The van der Waals surface area contributed by atoms with E-state index >= 15 is 0 Å². The highest BCUT2D eigenvalue weighted by atomic mass is 19.4. The largest absolute Gasteiger partial charge is 0.478 e. The topological polar surface area (TPSA) is 196 Å². The molecule has 0 unspecified atom stereocenters. The molecule has 0 spiro atoms. The Hall–Kier alpha value is -7.96. The van der Waals surface area contributed by atoms with Gasteiger partial charge in [-0.1, -0.05) is 26.0 Å². The molecule has 6 aromatic heterocycles. The normalized spacial score (nSPS) is 11.3. The van der Waals surface area contributed by atoms with Gasteiger partial charge >= 0.3 is 18.3 Å². The molecule has 0 saturated heterocycles. The molecule has 6 heterocycles. The number of anilines is 2. The van der Waals surface area contributed by atoms with Gasteiger partial charge in [0.2, 0.25) is 0 Å². The summed E-state index contributed by atoms with van der Waals surface area (Å²) < 4.78 is 74.8. The summed E-state index contributed by atoms with van der Waals surface area (Å²) >= 11 is 0. The number of carbonyl (C=O) groups is 2. The van der Waals surface area contributed by atoms with Crippen LogP contribution in [0, 0.1) is 27.7 Å². The first-order valence-corrected chi connectivity index (χ1v) is 20.5. The molecule has 8 rings (SSSR count). The van der Waals surface area contributed by atoms with Crippen LogP contribution in [0.5, 0.6) is 0 Å². The summed E-state index contributed by atoms with van der Waals surface area (Å²) in [7, 11) is 0. The monoisotopic (exact) mass is 920 g/mol. The molecule has 0 atom stereocenters. The summed E-state index contributed by atoms with van der Waals surface area (Å²) in [4.78, 5) is 56.5. The van der Waals surface area contributed by atoms with Crippen molar-refractivity contribution in [2.75, 3.05) is 11.1 Å². The van der Waals surface area contributed by atoms with Gasteiger partial charge in [0.15, 0.2) is 11.3 Å². The second-order valence-corrected chi connectivity index (χ2v) is 15.1. The van der Waals surface area contributed by atoms with Gasteiger partial charge in [0.1, 0.15) is 11.6 Å². The standard InChI is InChI=1S/C24H20F3N5O.C17H18N4.C7H4F3NO2/c1-4-21-29-11-15-8-20(14(3)30-22(15)32-21)19-9-18(6-5-13(19)2)31-23(33)16-7-17(12-28-10-16)24(25,26)27;1-4-16-19-9-12-7-15(11(3)20-17(12)21-16)14-8-13(18)6-5-10(14)2;8-7(9,10)5-1-4(6(12)13)2-11-3-5/h5-12H,4H2,1-3H3,(H,31,33);5-9H,4,18H2,1-3H3;1-3H,(H,12,13). The minimum Gasteiger partial charge on any atom is -0.478 e. The number of nitrogen functional groups attached to an aromatic ring is 1. The Bertz CT molecular complexity index is 3140. The molecule has 8 aromatic rings. The van der Waals surface area contributed by atoms with E-state index in [4.69, 9.17) is 10.8 Å². The van der Waals surface area contributed by atoms with Gasteiger partial charge in [-0.3, -0.25) is 14.8 Å². The van der Waals surface area contributed by atoms with Crippen molar-refractivity contribution in [1.82, 2.24) is 39.9 Å². The highest BCUT2D eigenvalue weighted by Gasteiger charge is 2.32. The van der Waals surface area contributed by atoms with Gasteiger partial charge in [-0.15, -0.1) is 0 Å². The highest BCUT2D eigenvalue weighted by molar-refractivity contribution is 6.04. The van der Waals surface area contributed by atoms with Gasteiger partial charge in [0, 0.05) is 94.7 Å². The molecule has 4 N–H and O–H groups in total. The first-order valence-electron chi connectivity index (χ1n) is 20.5. The molecule has 0 aliphatic carbocycles. The summed E-state index contributed by atoms with van der Waals surface area (Å²) in [6, 6.07) is 16.6. The van der Waals surface area contributed by atoms with Gasteiger partial charge in [0.05, 0.1) is 22.3 Å². The number of carboxylic acids is 1. The van der Waals surface area contributed by atoms with Crippen molar-refractivity contribution in [3.63, 3.8) is 0 Å². The summed E-state index contributed by atoms with van der Waals surface area (Å²) in [5, 5.41) is 12.8. The second-order valence-electron chi connectivity index (χ2n) is 15.1. The second kappa shape index (κ2) is 20.1. The zero-order valence-corrected chi connectivity index (χ0v) is 36.8. The average molecular weight is 921 g/mol. The van der Waals surface area contributed by atoms with Crippen LogP contribution in [0.1, 0.15) is 79.9 Å². The fourth-order valence-electron chi connectivity index (χ4n) is 6.62. The molecule has 0 aliphatic rings. The minimum absolute atomic E-state index is 0.181. The third-order valence-electron chi connectivity index (χ3n) is 10.2. The molecular formula is C48H42F6N10O3. The van der Waals surface area contributed by atoms with E-state index in [2.05, 4.69) is 58.2 Å². The number of hydrogen-bond acceptors (Lipinski definition) is 11. The third-order valence-corrected chi connectivity index (χ3v) is 10.2. The summed E-state index contributed by atoms with van der Waals surface area (Å²) in [6.45, 7) is 11.9. The number of nitrogens with zero attached hydrogens (tertiary/aromatic N) is 8. The molecular weight excluding hydrogens is 879 g/mol. The average Bonchev–Trinajstić information content (AvgIpc) is 3.29. The molecule has 13 nitrogen and oxygen atoms in total. The van der Waals surface area contributed by atoms with E-state index in [9.17, 15) is 35.9 Å². The molecule has 0 radical (unpaired) electrons. The number of carboxylic acid groups (broad SMARTS) is 1. The number of aromatic nitrogens is 8. The zero-order chi connectivity index (χ0) is 48.8. The van der Waals surface area contributed by atoms with Crippen LogP contribution in [0.15, 0.2) is 97.8 Å². The lowest BCUT2D eigenvalue weighted by Crippen LogP contribution is -2.14. The lowest BCUT2D eigenvalue weighted by atomic mass is 9.98. The number of aryl methyl sites for hydroxylation is 6. The molecule has 19 heteroatoms. The molecule has 0 saturated carbocycles. The Morgan fingerprint density at radius 3 is 1.52 bits per heavy atom. The van der Waals surface area contributed by atoms with Crippen LogP contribution < -0.4 is 11.1 Å². The van der Waals surface area contributed by atoms with E-state index in [1.54, 1.807) is 18.3 Å². The van der Waals surface area contributed by atoms with E-state index in [0.29, 0.717) is 42.0 Å². The lowest BCUT2D eigenvalue weighted by Gasteiger charge is -2.13. The van der Waals surface area contributed by atoms with Gasteiger partial charge in [0.25, 0.3) is 5.91 Å². The molecule has 0 aliphatic heterocycles. The first-order chi connectivity index (χ1) is 31.6. The number of benzene rings is 2. The van der Waals surface area contributed by atoms with Crippen molar-refractivity contribution in [2.45, 2.75) is 66.7 Å². The predicted octanol–water partition coefficient (Wildman–Crippen LogP) is 10.8. The Balaban J connectivity index is 0.000000185. The zero-order valence-electron chi connectivity index (χ0n) is 36.8. The maximum absolute atomic E-state index is 12.9. The maximum atomic E-state index is 12.9. The number of amides is 1. The van der Waals surface area contributed by atoms with E-state index in [1.807, 2.05) is 71.1 Å². The van der Waals surface area contributed by atoms with Crippen molar-refractivity contribution < 1.29 is 41.0 Å². The molecule has 0 fully saturated rings. The number of halogens is 6. The quantitative estimate of drug-likeness (QED) is 0.101. The van der Waals surface area contributed by atoms with E-state index < -0.39 is 40.9 Å². The van der Waals surface area contributed by atoms with Crippen molar-refractivity contribution in [3.05, 3.63) is 154 Å². The van der Waals surface area contributed by atoms with Gasteiger partial charge in [-0.25, -0.2) is 34.7 Å². The van der Waals surface area contributed by atoms with Crippen LogP contribution >= 0.6 is 0 Å². The van der Waals surface area contributed by atoms with Crippen molar-refractivity contribution in [3.8, 4) is 22.3 Å². The molecule has 344 valence electrons. The summed E-state index contributed by atoms with van der Waals surface area (Å²) in [6.07, 6.45) is -0.819. The predicted molar refractivity (Wildman–Crippen MR) is 241 cm³/mol. The van der Waals surface area contributed by atoms with Crippen LogP contribution in [0.25, 0.3) is 44.3 Å². The number of fused-ring (bicyclic) bond motifs is 2. The number of aromatic carboxylic acids is 1. The van der Waals surface area contributed by atoms with Crippen molar-refractivity contribution in [1.29, 1.82) is 0 Å². The molecule has 2 aromatic carbocycles. The number of carbonyl (C=O) groups excluding carboxylic acids is 1. The maximum Gasteiger partial charge on any atom is 0.417 e. The summed E-state index contributed by atoms with van der Waals surface area (Å²) in [5.74, 6) is -0.578. The molecule has 67 heavy (non-hydrogen) atoms. The number of hydrogen-bond donors (Lipinski definition) is 3. The number of nitrogens with one attached hydrogen (secondary N) is 1. The molecule has 1 amide bonds. The van der Waals surface area contributed by atoms with E-state index in [1.165, 1.54) is 5.56 Å². The SMILES string of the molecule is CCc1ncc2cc(-c3cc(N)ccc3C)c(C)nc2n1.CCc1ncc2cc(-c3cc(NC(=O)c4cncc(C(F)(F)F)c4)ccc3C)c(C)nc2n1.O=C(O)c1cncc(C(F)(F)F)c1. The lowest BCUT2D eigenvalue weighted by molar-refractivity contribution is -0.138. The Morgan fingerprint density at radius 1 is 0.582 bits per heavy atom. The van der Waals surface area contributed by atoms with Gasteiger partial charge < -0.3 is 16.2 Å². The highest BCUT2D eigenvalue weighted by Crippen LogP contribution is 2.33. The Labute approximate surface area is 379 Å². The van der Waals surface area contributed by atoms with E-state index in [-0.39, 0.29) is 5.56 Å². The van der Waals surface area contributed by atoms with Crippen molar-refractivity contribution >= 4 is 45.3 Å². The van der Waals surface area contributed by atoms with E-state index in [0.717, 1.165) is 92.0 Å². The fraction of sp³-hybridized carbons (Fsp3) is 0.208. The Morgan fingerprint density at radius 2 is 1.04 bits per heavy atom. The number of nitrogens with two attached hydrogens (primary N) is 1. The Kier molecular flexibility index (Phi) is 14.5. The summed E-state index contributed by atoms with van der Waals surface area (Å²) in [5.41, 5.74) is 13.5. The number of rotatable bonds is 7. The van der Waals surface area contributed by atoms with Crippen LogP contribution in [0.2, 0.25) is 0 Å². The van der Waals surface area contributed by atoms with Crippen LogP contribution in [0.4, 0.5) is 37.7 Å². The fourth-order valence-corrected chi connectivity index (χ4v) is 6.62. The van der Waals surface area contributed by atoms with Crippen LogP contribution in [0.3, 0.4) is 0 Å². The van der Waals surface area contributed by atoms with Gasteiger partial charge in [-0.05, 0) is 98.5 Å². The molecule has 0 bridgehead atoms. The third kappa shape index (κ3) is 11.8. The first kappa shape index (κ1) is 48.5.